The van der Waals surface area contributed by atoms with Crippen molar-refractivity contribution >= 4 is 18.3 Å². The fraction of sp³-hybridized carbons (Fsp3) is 0.929. The molecule has 4 heteroatoms. The van der Waals surface area contributed by atoms with Crippen molar-refractivity contribution < 1.29 is 4.79 Å². The Bertz CT molecular complexity index is 246. The van der Waals surface area contributed by atoms with Crippen LogP contribution < -0.4 is 5.32 Å². The van der Waals surface area contributed by atoms with Gasteiger partial charge in [0.2, 0.25) is 5.91 Å². The van der Waals surface area contributed by atoms with Gasteiger partial charge >= 0.3 is 0 Å². The van der Waals surface area contributed by atoms with Crippen molar-refractivity contribution in [1.29, 1.82) is 0 Å². The number of hydrogen-bond acceptors (Lipinski definition) is 2. The monoisotopic (exact) mass is 274 g/mol. The summed E-state index contributed by atoms with van der Waals surface area (Å²) in [5.41, 5.74) is 0. The zero-order chi connectivity index (χ0) is 12.1. The molecule has 0 radical (unpaired) electrons. The van der Waals surface area contributed by atoms with Gasteiger partial charge in [0.15, 0.2) is 0 Å². The summed E-state index contributed by atoms with van der Waals surface area (Å²) < 4.78 is 0. The van der Waals surface area contributed by atoms with Crippen LogP contribution in [0.5, 0.6) is 0 Å². The van der Waals surface area contributed by atoms with Crippen LogP contribution in [-0.4, -0.2) is 36.5 Å². The van der Waals surface area contributed by atoms with Gasteiger partial charge in [0.1, 0.15) is 0 Å². The Kier molecular flexibility index (Phi) is 7.02. The van der Waals surface area contributed by atoms with E-state index in [1.54, 1.807) is 0 Å². The summed E-state index contributed by atoms with van der Waals surface area (Å²) in [7, 11) is 0. The molecule has 2 rings (SSSR count). The van der Waals surface area contributed by atoms with E-state index in [-0.39, 0.29) is 18.3 Å². The van der Waals surface area contributed by atoms with E-state index in [2.05, 4.69) is 17.1 Å². The quantitative estimate of drug-likeness (QED) is 0.858. The second-order valence-electron chi connectivity index (χ2n) is 5.86. The first-order chi connectivity index (χ1) is 8.24. The predicted octanol–water partition coefficient (Wildman–Crippen LogP) is 2.59. The molecule has 1 saturated heterocycles. The number of carbonyl (C=O) groups is 1. The number of hydrogen-bond donors (Lipinski definition) is 1. The van der Waals surface area contributed by atoms with E-state index in [1.165, 1.54) is 44.9 Å². The molecule has 0 aromatic rings. The Balaban J connectivity index is 0.00000162. The van der Waals surface area contributed by atoms with Crippen LogP contribution >= 0.6 is 12.4 Å². The van der Waals surface area contributed by atoms with Crippen molar-refractivity contribution in [2.75, 3.05) is 19.6 Å². The average molecular weight is 275 g/mol. The molecule has 1 saturated carbocycles. The third kappa shape index (κ3) is 5.15. The van der Waals surface area contributed by atoms with E-state index in [9.17, 15) is 4.79 Å². The number of halogens is 1. The van der Waals surface area contributed by atoms with Crippen LogP contribution in [0.3, 0.4) is 0 Å². The first kappa shape index (κ1) is 15.8. The molecule has 2 fully saturated rings. The SMILES string of the molecule is CC1CCN(CC(=O)NC2CCCCC2)CC1.Cl. The molecule has 0 aromatic carbocycles. The lowest BCUT2D eigenvalue weighted by Crippen LogP contribution is -2.44. The second-order valence-corrected chi connectivity index (χ2v) is 5.86. The van der Waals surface area contributed by atoms with E-state index < -0.39 is 0 Å². The van der Waals surface area contributed by atoms with E-state index >= 15 is 0 Å². The Morgan fingerprint density at radius 1 is 1.11 bits per heavy atom. The average Bonchev–Trinajstić information content (AvgIpc) is 2.33. The normalized spacial score (nSPS) is 23.4. The van der Waals surface area contributed by atoms with E-state index in [4.69, 9.17) is 0 Å². The summed E-state index contributed by atoms with van der Waals surface area (Å²) in [6.45, 7) is 5.11. The van der Waals surface area contributed by atoms with Crippen molar-refractivity contribution in [3.63, 3.8) is 0 Å². The topological polar surface area (TPSA) is 32.3 Å². The Morgan fingerprint density at radius 3 is 2.33 bits per heavy atom. The van der Waals surface area contributed by atoms with Crippen LogP contribution in [0.4, 0.5) is 0 Å². The molecule has 0 atom stereocenters. The molecule has 18 heavy (non-hydrogen) atoms. The largest absolute Gasteiger partial charge is 0.352 e. The number of carbonyl (C=O) groups excluding carboxylic acids is 1. The van der Waals surface area contributed by atoms with Crippen molar-refractivity contribution in [2.24, 2.45) is 5.92 Å². The third-order valence-electron chi connectivity index (χ3n) is 4.21. The standard InChI is InChI=1S/C14H26N2O.ClH/c1-12-7-9-16(10-8-12)11-14(17)15-13-5-3-2-4-6-13;/h12-13H,2-11H2,1H3,(H,15,17);1H. The molecule has 0 bridgehead atoms. The Morgan fingerprint density at radius 2 is 1.72 bits per heavy atom. The minimum absolute atomic E-state index is 0. The number of piperidine rings is 1. The second kappa shape index (κ2) is 8.00. The summed E-state index contributed by atoms with van der Waals surface area (Å²) in [5.74, 6) is 1.08. The highest BCUT2D eigenvalue weighted by Crippen LogP contribution is 2.18. The predicted molar refractivity (Wildman–Crippen MR) is 77.1 cm³/mol. The van der Waals surface area contributed by atoms with Gasteiger partial charge in [0, 0.05) is 6.04 Å². The smallest absolute Gasteiger partial charge is 0.234 e. The first-order valence-electron chi connectivity index (χ1n) is 7.26. The maximum Gasteiger partial charge on any atom is 0.234 e. The molecule has 0 spiro atoms. The van der Waals surface area contributed by atoms with Gasteiger partial charge in [-0.1, -0.05) is 26.2 Å². The van der Waals surface area contributed by atoms with Crippen molar-refractivity contribution in [1.82, 2.24) is 10.2 Å². The summed E-state index contributed by atoms with van der Waals surface area (Å²) >= 11 is 0. The van der Waals surface area contributed by atoms with Crippen molar-refractivity contribution in [2.45, 2.75) is 57.9 Å². The van der Waals surface area contributed by atoms with Crippen LogP contribution in [0, 0.1) is 5.92 Å². The first-order valence-corrected chi connectivity index (χ1v) is 7.26. The van der Waals surface area contributed by atoms with E-state index in [0.717, 1.165) is 19.0 Å². The van der Waals surface area contributed by atoms with Crippen LogP contribution in [-0.2, 0) is 4.79 Å². The fourth-order valence-electron chi connectivity index (χ4n) is 2.94. The number of amides is 1. The van der Waals surface area contributed by atoms with Crippen LogP contribution in [0.15, 0.2) is 0 Å². The zero-order valence-electron chi connectivity index (χ0n) is 11.5. The van der Waals surface area contributed by atoms with Gasteiger partial charge in [0.05, 0.1) is 6.54 Å². The lowest BCUT2D eigenvalue weighted by atomic mass is 9.95. The van der Waals surface area contributed by atoms with Gasteiger partial charge in [-0.15, -0.1) is 12.4 Å². The van der Waals surface area contributed by atoms with Crippen LogP contribution in [0.25, 0.3) is 0 Å². The molecule has 1 aliphatic heterocycles. The molecule has 0 unspecified atom stereocenters. The molecule has 1 amide bonds. The molecule has 106 valence electrons. The van der Waals surface area contributed by atoms with Gasteiger partial charge in [-0.25, -0.2) is 0 Å². The Labute approximate surface area is 117 Å². The molecular weight excluding hydrogens is 248 g/mol. The molecule has 1 N–H and O–H groups in total. The van der Waals surface area contributed by atoms with Gasteiger partial charge in [-0.2, -0.15) is 0 Å². The van der Waals surface area contributed by atoms with Gasteiger partial charge < -0.3 is 5.32 Å². The molecule has 1 aliphatic carbocycles. The fourth-order valence-corrected chi connectivity index (χ4v) is 2.94. The molecule has 3 nitrogen and oxygen atoms in total. The zero-order valence-corrected chi connectivity index (χ0v) is 12.3. The molecule has 2 aliphatic rings. The molecule has 0 aromatic heterocycles. The summed E-state index contributed by atoms with van der Waals surface area (Å²) in [6.07, 6.45) is 8.77. The Hall–Kier alpha value is -0.280. The third-order valence-corrected chi connectivity index (χ3v) is 4.21. The maximum absolute atomic E-state index is 11.9. The summed E-state index contributed by atoms with van der Waals surface area (Å²) in [5, 5.41) is 3.20. The van der Waals surface area contributed by atoms with E-state index in [1.807, 2.05) is 0 Å². The van der Waals surface area contributed by atoms with Crippen LogP contribution in [0.1, 0.15) is 51.9 Å². The lowest BCUT2D eigenvalue weighted by molar-refractivity contribution is -0.123. The summed E-state index contributed by atoms with van der Waals surface area (Å²) in [4.78, 5) is 14.2. The van der Waals surface area contributed by atoms with Crippen molar-refractivity contribution in [3.05, 3.63) is 0 Å². The van der Waals surface area contributed by atoms with Gasteiger partial charge in [0.25, 0.3) is 0 Å². The van der Waals surface area contributed by atoms with Crippen LogP contribution in [0.2, 0.25) is 0 Å². The van der Waals surface area contributed by atoms with E-state index in [0.29, 0.717) is 12.6 Å². The molecule has 1 heterocycles. The highest BCUT2D eigenvalue weighted by molar-refractivity contribution is 5.85. The minimum atomic E-state index is 0. The number of nitrogens with zero attached hydrogens (tertiary/aromatic N) is 1. The number of likely N-dealkylation sites (tertiary alicyclic amines) is 1. The minimum Gasteiger partial charge on any atom is -0.352 e. The maximum atomic E-state index is 11.9. The lowest BCUT2D eigenvalue weighted by Gasteiger charge is -2.30. The van der Waals surface area contributed by atoms with Gasteiger partial charge in [-0.05, 0) is 44.7 Å². The highest BCUT2D eigenvalue weighted by Gasteiger charge is 2.20. The molecular formula is C14H27ClN2O. The highest BCUT2D eigenvalue weighted by atomic mass is 35.5. The number of nitrogens with one attached hydrogen (secondary N) is 1. The van der Waals surface area contributed by atoms with Gasteiger partial charge in [-0.3, -0.25) is 9.69 Å². The number of rotatable bonds is 3. The summed E-state index contributed by atoms with van der Waals surface area (Å²) in [6, 6.07) is 0.458. The van der Waals surface area contributed by atoms with Crippen molar-refractivity contribution in [3.8, 4) is 0 Å².